The summed E-state index contributed by atoms with van der Waals surface area (Å²) in [5.74, 6) is 0.626. The lowest BCUT2D eigenvalue weighted by atomic mass is 10.0. The second-order valence-electron chi connectivity index (χ2n) is 10.0. The van der Waals surface area contributed by atoms with E-state index in [-0.39, 0.29) is 17.0 Å². The zero-order valence-corrected chi connectivity index (χ0v) is 22.6. The fraction of sp³-hybridized carbons (Fsp3) is 0.286. The van der Waals surface area contributed by atoms with E-state index >= 15 is 0 Å². The van der Waals surface area contributed by atoms with Crippen LogP contribution in [0.3, 0.4) is 0 Å². The maximum Gasteiger partial charge on any atom is 0.416 e. The van der Waals surface area contributed by atoms with Gasteiger partial charge in [0.15, 0.2) is 0 Å². The van der Waals surface area contributed by atoms with Gasteiger partial charge in [0.05, 0.1) is 16.0 Å². The van der Waals surface area contributed by atoms with Crippen LogP contribution in [0.1, 0.15) is 32.8 Å². The standard InChI is InChI=1S/C28H30F3N5O2S/c1-27(2,3)36-19-24(26(35-36)20-8-5-4-6-9-20)21-14-17-33-25(18-21)32-15-7-16-34-39(37,38)23-12-10-22(11-13-23)28(29,30)31/h4-6,8-14,17-19,34H,7,15-16H2,1-3H3,(H,32,33). The van der Waals surface area contributed by atoms with Gasteiger partial charge in [-0.25, -0.2) is 18.1 Å². The second kappa shape index (κ2) is 11.2. The van der Waals surface area contributed by atoms with Gasteiger partial charge in [-0.05, 0) is 69.2 Å². The molecule has 206 valence electrons. The molecule has 0 saturated carbocycles. The molecule has 0 unspecified atom stereocenters. The van der Waals surface area contributed by atoms with E-state index in [0.29, 0.717) is 18.8 Å². The van der Waals surface area contributed by atoms with Crippen LogP contribution in [-0.2, 0) is 21.7 Å². The predicted octanol–water partition coefficient (Wildman–Crippen LogP) is 6.17. The molecular formula is C28H30F3N5O2S. The third kappa shape index (κ3) is 7.04. The van der Waals surface area contributed by atoms with Crippen molar-refractivity contribution < 1.29 is 21.6 Å². The van der Waals surface area contributed by atoms with Gasteiger partial charge in [0.2, 0.25) is 10.0 Å². The van der Waals surface area contributed by atoms with E-state index in [1.165, 1.54) is 0 Å². The molecule has 0 saturated heterocycles. The number of benzene rings is 2. The highest BCUT2D eigenvalue weighted by molar-refractivity contribution is 7.89. The molecule has 2 aromatic heterocycles. The average Bonchev–Trinajstić information content (AvgIpc) is 3.35. The van der Waals surface area contributed by atoms with Gasteiger partial charge in [0.1, 0.15) is 11.5 Å². The smallest absolute Gasteiger partial charge is 0.370 e. The van der Waals surface area contributed by atoms with Crippen molar-refractivity contribution in [3.05, 3.63) is 84.7 Å². The van der Waals surface area contributed by atoms with Gasteiger partial charge in [-0.2, -0.15) is 18.3 Å². The molecule has 11 heteroatoms. The van der Waals surface area contributed by atoms with Crippen molar-refractivity contribution >= 4 is 15.8 Å². The molecular weight excluding hydrogens is 527 g/mol. The van der Waals surface area contributed by atoms with E-state index in [9.17, 15) is 21.6 Å². The van der Waals surface area contributed by atoms with Gasteiger partial charge in [-0.1, -0.05) is 30.3 Å². The highest BCUT2D eigenvalue weighted by Crippen LogP contribution is 2.33. The van der Waals surface area contributed by atoms with Crippen molar-refractivity contribution in [2.24, 2.45) is 0 Å². The molecule has 2 heterocycles. The van der Waals surface area contributed by atoms with E-state index in [2.05, 4.69) is 35.8 Å². The number of halogens is 3. The van der Waals surface area contributed by atoms with Crippen LogP contribution in [-0.4, -0.2) is 36.3 Å². The molecule has 0 spiro atoms. The van der Waals surface area contributed by atoms with Crippen molar-refractivity contribution in [3.63, 3.8) is 0 Å². The normalized spacial score (nSPS) is 12.5. The van der Waals surface area contributed by atoms with Crippen LogP contribution in [0, 0.1) is 0 Å². The van der Waals surface area contributed by atoms with E-state index in [4.69, 9.17) is 5.10 Å². The number of pyridine rings is 1. The molecule has 0 fully saturated rings. The Bertz CT molecular complexity index is 1510. The zero-order valence-electron chi connectivity index (χ0n) is 21.8. The van der Waals surface area contributed by atoms with Crippen LogP contribution < -0.4 is 10.0 Å². The number of nitrogens with zero attached hydrogens (tertiary/aromatic N) is 3. The molecule has 39 heavy (non-hydrogen) atoms. The van der Waals surface area contributed by atoms with Crippen molar-refractivity contribution in [2.75, 3.05) is 18.4 Å². The van der Waals surface area contributed by atoms with E-state index in [0.717, 1.165) is 46.6 Å². The van der Waals surface area contributed by atoms with Gasteiger partial charge in [-0.3, -0.25) is 4.68 Å². The third-order valence-electron chi connectivity index (χ3n) is 5.96. The van der Waals surface area contributed by atoms with Crippen LogP contribution >= 0.6 is 0 Å². The number of hydrogen-bond donors (Lipinski definition) is 2. The molecule has 0 amide bonds. The summed E-state index contributed by atoms with van der Waals surface area (Å²) in [5, 5.41) is 8.07. The van der Waals surface area contributed by atoms with Gasteiger partial charge in [-0.15, -0.1) is 0 Å². The van der Waals surface area contributed by atoms with Crippen LogP contribution in [0.5, 0.6) is 0 Å². The summed E-state index contributed by atoms with van der Waals surface area (Å²) in [6.45, 7) is 6.79. The summed E-state index contributed by atoms with van der Waals surface area (Å²) in [6, 6.07) is 17.2. The Morgan fingerprint density at radius 2 is 1.59 bits per heavy atom. The van der Waals surface area contributed by atoms with Gasteiger partial charge in [0.25, 0.3) is 0 Å². The van der Waals surface area contributed by atoms with Crippen LogP contribution in [0.2, 0.25) is 0 Å². The first-order valence-electron chi connectivity index (χ1n) is 12.4. The Labute approximate surface area is 226 Å². The molecule has 0 aliphatic carbocycles. The Morgan fingerprint density at radius 3 is 2.23 bits per heavy atom. The number of rotatable bonds is 9. The van der Waals surface area contributed by atoms with Crippen molar-refractivity contribution in [2.45, 2.75) is 43.8 Å². The summed E-state index contributed by atoms with van der Waals surface area (Å²) in [6.07, 6.45) is -0.364. The van der Waals surface area contributed by atoms with E-state index < -0.39 is 21.8 Å². The Balaban J connectivity index is 1.40. The summed E-state index contributed by atoms with van der Waals surface area (Å²) in [5.41, 5.74) is 2.66. The lowest BCUT2D eigenvalue weighted by molar-refractivity contribution is -0.137. The lowest BCUT2D eigenvalue weighted by Crippen LogP contribution is -2.26. The molecule has 2 N–H and O–H groups in total. The molecule has 4 rings (SSSR count). The van der Waals surface area contributed by atoms with Crippen LogP contribution in [0.15, 0.2) is 84.0 Å². The van der Waals surface area contributed by atoms with Crippen molar-refractivity contribution in [3.8, 4) is 22.4 Å². The molecule has 4 aromatic rings. The van der Waals surface area contributed by atoms with Crippen molar-refractivity contribution in [1.29, 1.82) is 0 Å². The number of hydrogen-bond acceptors (Lipinski definition) is 5. The topological polar surface area (TPSA) is 88.9 Å². The quantitative estimate of drug-likeness (QED) is 0.241. The average molecular weight is 558 g/mol. The number of aromatic nitrogens is 3. The number of anilines is 1. The zero-order chi connectivity index (χ0) is 28.3. The minimum Gasteiger partial charge on any atom is -0.370 e. The lowest BCUT2D eigenvalue weighted by Gasteiger charge is -2.18. The van der Waals surface area contributed by atoms with Crippen molar-refractivity contribution in [1.82, 2.24) is 19.5 Å². The number of sulfonamides is 1. The largest absolute Gasteiger partial charge is 0.416 e. The Hall–Kier alpha value is -3.70. The molecule has 0 atom stereocenters. The number of nitrogens with one attached hydrogen (secondary N) is 2. The first-order valence-corrected chi connectivity index (χ1v) is 13.9. The Kier molecular flexibility index (Phi) is 8.12. The molecule has 2 aromatic carbocycles. The maximum atomic E-state index is 12.7. The third-order valence-corrected chi connectivity index (χ3v) is 7.44. The van der Waals surface area contributed by atoms with Gasteiger partial charge < -0.3 is 5.32 Å². The van der Waals surface area contributed by atoms with E-state index in [1.54, 1.807) is 6.20 Å². The fourth-order valence-electron chi connectivity index (χ4n) is 3.85. The van der Waals surface area contributed by atoms with Crippen LogP contribution in [0.4, 0.5) is 19.0 Å². The molecule has 0 bridgehead atoms. The highest BCUT2D eigenvalue weighted by Gasteiger charge is 2.30. The molecule has 0 aliphatic rings. The Morgan fingerprint density at radius 1 is 0.897 bits per heavy atom. The molecule has 7 nitrogen and oxygen atoms in total. The van der Waals surface area contributed by atoms with Gasteiger partial charge >= 0.3 is 6.18 Å². The summed E-state index contributed by atoms with van der Waals surface area (Å²) in [4.78, 5) is 4.16. The fourth-order valence-corrected chi connectivity index (χ4v) is 4.92. The minimum absolute atomic E-state index is 0.104. The minimum atomic E-state index is -4.52. The number of alkyl halides is 3. The monoisotopic (exact) mass is 557 g/mol. The van der Waals surface area contributed by atoms with Crippen LogP contribution in [0.25, 0.3) is 22.4 Å². The molecule has 0 radical (unpaired) electrons. The highest BCUT2D eigenvalue weighted by atomic mass is 32.2. The summed E-state index contributed by atoms with van der Waals surface area (Å²) < 4.78 is 67.4. The predicted molar refractivity (Wildman–Crippen MR) is 146 cm³/mol. The molecule has 0 aliphatic heterocycles. The summed E-state index contributed by atoms with van der Waals surface area (Å²) in [7, 11) is -3.92. The summed E-state index contributed by atoms with van der Waals surface area (Å²) >= 11 is 0. The first-order chi connectivity index (χ1) is 18.3. The maximum absolute atomic E-state index is 12.7. The SMILES string of the molecule is CC(C)(C)n1cc(-c2ccnc(NCCCNS(=O)(=O)c3ccc(C(F)(F)F)cc3)c2)c(-c2ccccc2)n1. The first kappa shape index (κ1) is 28.3. The van der Waals surface area contributed by atoms with Gasteiger partial charge in [0, 0.05) is 36.6 Å². The second-order valence-corrected chi connectivity index (χ2v) is 11.8. The van der Waals surface area contributed by atoms with E-state index in [1.807, 2.05) is 53.3 Å².